The molecule has 4 aromatic rings. The lowest BCUT2D eigenvalue weighted by Gasteiger charge is -2.06. The van der Waals surface area contributed by atoms with Gasteiger partial charge in [-0.15, -0.1) is 5.10 Å². The van der Waals surface area contributed by atoms with E-state index < -0.39 is 0 Å². The van der Waals surface area contributed by atoms with Crippen molar-refractivity contribution < 1.29 is 9.15 Å². The van der Waals surface area contributed by atoms with Crippen LogP contribution in [0.15, 0.2) is 70.0 Å². The first-order chi connectivity index (χ1) is 13.6. The van der Waals surface area contributed by atoms with Crippen molar-refractivity contribution in [1.82, 2.24) is 15.0 Å². The summed E-state index contributed by atoms with van der Waals surface area (Å²) in [7, 11) is 0. The van der Waals surface area contributed by atoms with E-state index in [1.165, 1.54) is 17.2 Å². The maximum atomic E-state index is 11.4. The molecule has 0 aliphatic carbocycles. The molecule has 0 atom stereocenters. The van der Waals surface area contributed by atoms with Crippen LogP contribution in [-0.2, 0) is 13.2 Å². The summed E-state index contributed by atoms with van der Waals surface area (Å²) in [5.41, 5.74) is 3.34. The van der Waals surface area contributed by atoms with Crippen molar-refractivity contribution in [3.05, 3.63) is 88.0 Å². The molecule has 6 nitrogen and oxygen atoms in total. The Kier molecular flexibility index (Phi) is 4.93. The second-order valence-corrected chi connectivity index (χ2v) is 7.05. The van der Waals surface area contributed by atoms with E-state index in [1.54, 1.807) is 16.8 Å². The topological polar surface area (TPSA) is 70.2 Å². The first kappa shape index (κ1) is 18.0. The molecule has 2 aromatic carbocycles. The monoisotopic (exact) mass is 375 g/mol. The fourth-order valence-corrected chi connectivity index (χ4v) is 2.96. The van der Waals surface area contributed by atoms with Gasteiger partial charge in [-0.1, -0.05) is 43.3 Å². The van der Waals surface area contributed by atoms with E-state index in [1.807, 2.05) is 18.3 Å². The quantitative estimate of drug-likeness (QED) is 0.474. The molecule has 0 amide bonds. The van der Waals surface area contributed by atoms with Gasteiger partial charge in [0.05, 0.1) is 12.7 Å². The molecule has 0 bridgehead atoms. The highest BCUT2D eigenvalue weighted by molar-refractivity contribution is 5.77. The highest BCUT2D eigenvalue weighted by Crippen LogP contribution is 2.20. The third-order valence-electron chi connectivity index (χ3n) is 4.56. The van der Waals surface area contributed by atoms with Crippen LogP contribution in [0, 0.1) is 0 Å². The zero-order chi connectivity index (χ0) is 19.5. The number of aromatic nitrogens is 3. The largest absolute Gasteiger partial charge is 0.487 e. The molecule has 0 spiro atoms. The predicted molar refractivity (Wildman–Crippen MR) is 106 cm³/mol. The zero-order valence-electron chi connectivity index (χ0n) is 15.8. The van der Waals surface area contributed by atoms with Crippen LogP contribution < -0.4 is 10.4 Å². The van der Waals surface area contributed by atoms with Gasteiger partial charge in [0.25, 0.3) is 0 Å². The molecular formula is C22H21N3O3. The van der Waals surface area contributed by atoms with E-state index in [9.17, 15) is 4.79 Å². The Morgan fingerprint density at radius 1 is 1.07 bits per heavy atom. The van der Waals surface area contributed by atoms with E-state index in [2.05, 4.69) is 48.4 Å². The van der Waals surface area contributed by atoms with Crippen LogP contribution in [0.5, 0.6) is 5.75 Å². The molecule has 0 radical (unpaired) electrons. The van der Waals surface area contributed by atoms with Gasteiger partial charge in [0.15, 0.2) is 0 Å². The minimum Gasteiger partial charge on any atom is -0.487 e. The number of ether oxygens (including phenoxy) is 1. The van der Waals surface area contributed by atoms with Gasteiger partial charge in [0.2, 0.25) is 0 Å². The lowest BCUT2D eigenvalue weighted by Crippen LogP contribution is -2.01. The molecule has 0 saturated heterocycles. The first-order valence-corrected chi connectivity index (χ1v) is 9.21. The Labute approximate surface area is 162 Å². The summed E-state index contributed by atoms with van der Waals surface area (Å²) < 4.78 is 12.7. The van der Waals surface area contributed by atoms with Crippen LogP contribution in [-0.4, -0.2) is 15.0 Å². The SMILES string of the molecule is CC(C)c1ccc(Cn2cc(COc3ccc4ccc(=O)oc4c3)nn2)cc1. The van der Waals surface area contributed by atoms with E-state index in [-0.39, 0.29) is 12.2 Å². The summed E-state index contributed by atoms with van der Waals surface area (Å²) in [5.74, 6) is 1.13. The molecule has 0 unspecified atom stereocenters. The summed E-state index contributed by atoms with van der Waals surface area (Å²) in [6.45, 7) is 5.31. The molecule has 2 aromatic heterocycles. The highest BCUT2D eigenvalue weighted by Gasteiger charge is 2.06. The van der Waals surface area contributed by atoms with Crippen LogP contribution in [0.2, 0.25) is 0 Å². The van der Waals surface area contributed by atoms with Gasteiger partial charge >= 0.3 is 5.63 Å². The summed E-state index contributed by atoms with van der Waals surface area (Å²) in [5, 5.41) is 9.18. The molecular weight excluding hydrogens is 354 g/mol. The number of nitrogens with zero attached hydrogens (tertiary/aromatic N) is 3. The standard InChI is InChI=1S/C22H21N3O3/c1-15(2)17-5-3-16(4-6-17)12-25-13-19(23-24-25)14-27-20-9-7-18-8-10-22(26)28-21(18)11-20/h3-11,13,15H,12,14H2,1-2H3. The van der Waals surface area contributed by atoms with Crippen molar-refractivity contribution in [2.75, 3.05) is 0 Å². The third-order valence-corrected chi connectivity index (χ3v) is 4.56. The van der Waals surface area contributed by atoms with E-state index in [0.29, 0.717) is 23.8 Å². The number of fused-ring (bicyclic) bond motifs is 1. The fourth-order valence-electron chi connectivity index (χ4n) is 2.96. The van der Waals surface area contributed by atoms with Crippen molar-refractivity contribution in [2.24, 2.45) is 0 Å². The van der Waals surface area contributed by atoms with Crippen molar-refractivity contribution in [1.29, 1.82) is 0 Å². The van der Waals surface area contributed by atoms with Crippen LogP contribution >= 0.6 is 0 Å². The molecule has 0 aliphatic heterocycles. The summed E-state index contributed by atoms with van der Waals surface area (Å²) in [4.78, 5) is 11.4. The second-order valence-electron chi connectivity index (χ2n) is 7.05. The molecule has 6 heteroatoms. The molecule has 4 rings (SSSR count). The Balaban J connectivity index is 1.40. The Hall–Kier alpha value is -3.41. The summed E-state index contributed by atoms with van der Waals surface area (Å²) in [6, 6.07) is 17.1. The van der Waals surface area contributed by atoms with E-state index in [4.69, 9.17) is 9.15 Å². The zero-order valence-corrected chi connectivity index (χ0v) is 15.8. The van der Waals surface area contributed by atoms with Crippen LogP contribution in [0.25, 0.3) is 11.0 Å². The number of hydrogen-bond acceptors (Lipinski definition) is 5. The third kappa shape index (κ3) is 4.11. The Bertz CT molecular complexity index is 1140. The lowest BCUT2D eigenvalue weighted by atomic mass is 10.0. The molecule has 142 valence electrons. The van der Waals surface area contributed by atoms with E-state index >= 15 is 0 Å². The Morgan fingerprint density at radius 2 is 1.86 bits per heavy atom. The smallest absolute Gasteiger partial charge is 0.336 e. The maximum absolute atomic E-state index is 11.4. The van der Waals surface area contributed by atoms with Crippen molar-refractivity contribution in [3.63, 3.8) is 0 Å². The number of hydrogen-bond donors (Lipinski definition) is 0. The molecule has 0 fully saturated rings. The fraction of sp³-hybridized carbons (Fsp3) is 0.227. The van der Waals surface area contributed by atoms with Crippen molar-refractivity contribution in [2.45, 2.75) is 32.9 Å². The van der Waals surface area contributed by atoms with Crippen LogP contribution in [0.4, 0.5) is 0 Å². The van der Waals surface area contributed by atoms with Gasteiger partial charge in [-0.2, -0.15) is 0 Å². The van der Waals surface area contributed by atoms with Crippen molar-refractivity contribution >= 4 is 11.0 Å². The van der Waals surface area contributed by atoms with Gasteiger partial charge in [0, 0.05) is 17.5 Å². The Morgan fingerprint density at radius 3 is 2.64 bits per heavy atom. The highest BCUT2D eigenvalue weighted by atomic mass is 16.5. The molecule has 0 saturated carbocycles. The van der Waals surface area contributed by atoms with Gasteiger partial charge in [-0.3, -0.25) is 0 Å². The molecule has 0 aliphatic rings. The average Bonchev–Trinajstić information content (AvgIpc) is 3.13. The van der Waals surface area contributed by atoms with Gasteiger partial charge in [0.1, 0.15) is 23.6 Å². The predicted octanol–water partition coefficient (Wildman–Crippen LogP) is 4.14. The average molecular weight is 375 g/mol. The van der Waals surface area contributed by atoms with Gasteiger partial charge in [-0.05, 0) is 35.2 Å². The number of benzene rings is 2. The minimum atomic E-state index is -0.381. The van der Waals surface area contributed by atoms with Crippen LogP contribution in [0.1, 0.15) is 36.6 Å². The molecule has 0 N–H and O–H groups in total. The number of rotatable bonds is 6. The summed E-state index contributed by atoms with van der Waals surface area (Å²) >= 11 is 0. The minimum absolute atomic E-state index is 0.287. The van der Waals surface area contributed by atoms with E-state index in [0.717, 1.165) is 11.1 Å². The van der Waals surface area contributed by atoms with Gasteiger partial charge in [-0.25, -0.2) is 9.48 Å². The maximum Gasteiger partial charge on any atom is 0.336 e. The van der Waals surface area contributed by atoms with Crippen molar-refractivity contribution in [3.8, 4) is 5.75 Å². The van der Waals surface area contributed by atoms with Crippen LogP contribution in [0.3, 0.4) is 0 Å². The normalized spacial score (nSPS) is 11.2. The van der Waals surface area contributed by atoms with Gasteiger partial charge < -0.3 is 9.15 Å². The molecule has 2 heterocycles. The lowest BCUT2D eigenvalue weighted by molar-refractivity contribution is 0.301. The second kappa shape index (κ2) is 7.68. The molecule has 28 heavy (non-hydrogen) atoms. The summed E-state index contributed by atoms with van der Waals surface area (Å²) in [6.07, 6.45) is 1.87. The first-order valence-electron chi connectivity index (χ1n) is 9.21.